The second kappa shape index (κ2) is 7.41. The lowest BCUT2D eigenvalue weighted by Crippen LogP contribution is -2.05. The number of aromatic nitrogens is 1. The highest BCUT2D eigenvalue weighted by molar-refractivity contribution is 7.90. The Morgan fingerprint density at radius 1 is 0.893 bits per heavy atom. The molecule has 0 bridgehead atoms. The molecule has 0 spiro atoms. The van der Waals surface area contributed by atoms with E-state index in [4.69, 9.17) is 11.6 Å². The summed E-state index contributed by atoms with van der Waals surface area (Å²) in [4.78, 5) is 0.251. The third-order valence-electron chi connectivity index (χ3n) is 4.60. The maximum absolute atomic E-state index is 13.5. The summed E-state index contributed by atoms with van der Waals surface area (Å²) in [5, 5.41) is 1.31. The minimum atomic E-state index is -3.64. The van der Waals surface area contributed by atoms with Gasteiger partial charge < -0.3 is 4.57 Å². The standard InChI is InChI=1S/C22H17ClFNO2S/c23-18-10-8-16(9-11-18)13-25-14-22(20-6-1-2-7-21(20)25)28(26,27)15-17-4-3-5-19(24)12-17/h1-12,14H,13,15H2. The Balaban J connectivity index is 1.76. The molecule has 3 nitrogen and oxygen atoms in total. The van der Waals surface area contributed by atoms with Crippen LogP contribution in [-0.4, -0.2) is 13.0 Å². The SMILES string of the molecule is O=S(=O)(Cc1cccc(F)c1)c1cn(Cc2ccc(Cl)cc2)c2ccccc12. The predicted molar refractivity (Wildman–Crippen MR) is 110 cm³/mol. The van der Waals surface area contributed by atoms with Gasteiger partial charge in [-0.05, 0) is 41.5 Å². The fourth-order valence-corrected chi connectivity index (χ4v) is 5.00. The Morgan fingerprint density at radius 3 is 2.39 bits per heavy atom. The van der Waals surface area contributed by atoms with Gasteiger partial charge in [-0.25, -0.2) is 12.8 Å². The van der Waals surface area contributed by atoms with Crippen LogP contribution < -0.4 is 0 Å². The fourth-order valence-electron chi connectivity index (χ4n) is 3.30. The van der Waals surface area contributed by atoms with Crippen molar-refractivity contribution in [3.63, 3.8) is 0 Å². The van der Waals surface area contributed by atoms with Gasteiger partial charge in [-0.15, -0.1) is 0 Å². The van der Waals surface area contributed by atoms with Gasteiger partial charge in [0.2, 0.25) is 0 Å². The Bertz CT molecular complexity index is 1250. The maximum Gasteiger partial charge on any atom is 0.184 e. The molecule has 4 aromatic rings. The molecule has 142 valence electrons. The number of rotatable bonds is 5. The van der Waals surface area contributed by atoms with Crippen molar-refractivity contribution in [1.29, 1.82) is 0 Å². The van der Waals surface area contributed by atoms with Gasteiger partial charge in [0.05, 0.1) is 10.6 Å². The highest BCUT2D eigenvalue weighted by atomic mass is 35.5. The van der Waals surface area contributed by atoms with Crippen molar-refractivity contribution in [1.82, 2.24) is 4.57 Å². The predicted octanol–water partition coefficient (Wildman–Crippen LogP) is 5.46. The molecule has 0 amide bonds. The number of benzene rings is 3. The summed E-state index contributed by atoms with van der Waals surface area (Å²) in [6.07, 6.45) is 1.66. The fraction of sp³-hybridized carbons (Fsp3) is 0.0909. The van der Waals surface area contributed by atoms with Crippen LogP contribution in [0.2, 0.25) is 5.02 Å². The van der Waals surface area contributed by atoms with E-state index >= 15 is 0 Å². The minimum absolute atomic E-state index is 0.250. The quantitative estimate of drug-likeness (QED) is 0.436. The first-order valence-electron chi connectivity index (χ1n) is 8.72. The van der Waals surface area contributed by atoms with E-state index in [0.29, 0.717) is 22.5 Å². The molecular weight excluding hydrogens is 397 g/mol. The van der Waals surface area contributed by atoms with Crippen molar-refractivity contribution < 1.29 is 12.8 Å². The average Bonchev–Trinajstić information content (AvgIpc) is 3.03. The van der Waals surface area contributed by atoms with E-state index in [2.05, 4.69) is 0 Å². The van der Waals surface area contributed by atoms with Crippen molar-refractivity contribution in [2.45, 2.75) is 17.2 Å². The number of hydrogen-bond acceptors (Lipinski definition) is 2. The highest BCUT2D eigenvalue weighted by Crippen LogP contribution is 2.29. The number of sulfone groups is 1. The van der Waals surface area contributed by atoms with E-state index in [1.807, 2.05) is 47.0 Å². The van der Waals surface area contributed by atoms with Crippen LogP contribution in [0.3, 0.4) is 0 Å². The third kappa shape index (κ3) is 3.81. The highest BCUT2D eigenvalue weighted by Gasteiger charge is 2.22. The van der Waals surface area contributed by atoms with Crippen LogP contribution in [-0.2, 0) is 22.1 Å². The monoisotopic (exact) mass is 413 g/mol. The molecule has 1 aromatic heterocycles. The van der Waals surface area contributed by atoms with Crippen molar-refractivity contribution in [2.24, 2.45) is 0 Å². The average molecular weight is 414 g/mol. The molecule has 28 heavy (non-hydrogen) atoms. The van der Waals surface area contributed by atoms with E-state index in [1.54, 1.807) is 18.3 Å². The van der Waals surface area contributed by atoms with Gasteiger partial charge in [0, 0.05) is 28.7 Å². The second-order valence-corrected chi connectivity index (χ2v) is 9.05. The summed E-state index contributed by atoms with van der Waals surface area (Å²) in [7, 11) is -3.64. The molecule has 0 saturated carbocycles. The van der Waals surface area contributed by atoms with Gasteiger partial charge in [0.25, 0.3) is 0 Å². The minimum Gasteiger partial charge on any atom is -0.342 e. The van der Waals surface area contributed by atoms with Gasteiger partial charge in [0.1, 0.15) is 5.82 Å². The van der Waals surface area contributed by atoms with Crippen LogP contribution >= 0.6 is 11.6 Å². The molecule has 6 heteroatoms. The van der Waals surface area contributed by atoms with Crippen molar-refractivity contribution in [3.8, 4) is 0 Å². The first kappa shape index (κ1) is 18.7. The molecule has 1 heterocycles. The number of halogens is 2. The Labute approximate surface area is 167 Å². The summed E-state index contributed by atoms with van der Waals surface area (Å²) in [6, 6.07) is 20.5. The summed E-state index contributed by atoms with van der Waals surface area (Å²) >= 11 is 5.95. The lowest BCUT2D eigenvalue weighted by molar-refractivity contribution is 0.595. The Kier molecular flexibility index (Phi) is 4.96. The second-order valence-electron chi connectivity index (χ2n) is 6.65. The maximum atomic E-state index is 13.5. The first-order chi connectivity index (χ1) is 13.4. The van der Waals surface area contributed by atoms with Gasteiger partial charge in [-0.3, -0.25) is 0 Å². The number of hydrogen-bond donors (Lipinski definition) is 0. The van der Waals surface area contributed by atoms with Gasteiger partial charge in [-0.1, -0.05) is 54.1 Å². The lowest BCUT2D eigenvalue weighted by atomic mass is 10.2. The van der Waals surface area contributed by atoms with Crippen LogP contribution in [0.1, 0.15) is 11.1 Å². The van der Waals surface area contributed by atoms with Gasteiger partial charge in [0.15, 0.2) is 9.84 Å². The molecule has 0 N–H and O–H groups in total. The summed E-state index contributed by atoms with van der Waals surface area (Å²) in [5.41, 5.74) is 2.27. The first-order valence-corrected chi connectivity index (χ1v) is 10.7. The Morgan fingerprint density at radius 2 is 1.64 bits per heavy atom. The van der Waals surface area contributed by atoms with Crippen LogP contribution in [0.5, 0.6) is 0 Å². The summed E-state index contributed by atoms with van der Waals surface area (Å²) in [6.45, 7) is 0.521. The molecule has 0 unspecified atom stereocenters. The third-order valence-corrected chi connectivity index (χ3v) is 6.56. The zero-order valence-corrected chi connectivity index (χ0v) is 16.4. The molecule has 0 fully saturated rings. The normalized spacial score (nSPS) is 11.8. The number of fused-ring (bicyclic) bond motifs is 1. The van der Waals surface area contributed by atoms with E-state index < -0.39 is 15.7 Å². The zero-order chi connectivity index (χ0) is 19.7. The summed E-state index contributed by atoms with van der Waals surface area (Å²) in [5.74, 6) is -0.697. The van der Waals surface area contributed by atoms with Crippen LogP contribution in [0, 0.1) is 5.82 Å². The van der Waals surface area contributed by atoms with Gasteiger partial charge in [-0.2, -0.15) is 0 Å². The molecular formula is C22H17ClFNO2S. The molecule has 4 rings (SSSR count). The van der Waals surface area contributed by atoms with Crippen molar-refractivity contribution in [2.75, 3.05) is 0 Å². The molecule has 0 atom stereocenters. The van der Waals surface area contributed by atoms with Crippen LogP contribution in [0.15, 0.2) is 83.9 Å². The molecule has 0 aliphatic carbocycles. The molecule has 0 aliphatic rings. The molecule has 0 aliphatic heterocycles. The van der Waals surface area contributed by atoms with E-state index in [9.17, 15) is 12.8 Å². The van der Waals surface area contributed by atoms with Crippen molar-refractivity contribution in [3.05, 3.63) is 101 Å². The lowest BCUT2D eigenvalue weighted by Gasteiger charge is -2.05. The molecule has 0 saturated heterocycles. The van der Waals surface area contributed by atoms with Crippen LogP contribution in [0.25, 0.3) is 10.9 Å². The van der Waals surface area contributed by atoms with Gasteiger partial charge >= 0.3 is 0 Å². The Hall–Kier alpha value is -2.63. The number of nitrogens with zero attached hydrogens (tertiary/aromatic N) is 1. The van der Waals surface area contributed by atoms with E-state index in [0.717, 1.165) is 11.1 Å². The zero-order valence-electron chi connectivity index (χ0n) is 14.8. The van der Waals surface area contributed by atoms with E-state index in [1.165, 1.54) is 18.2 Å². The number of para-hydroxylation sites is 1. The largest absolute Gasteiger partial charge is 0.342 e. The molecule has 0 radical (unpaired) electrons. The smallest absolute Gasteiger partial charge is 0.184 e. The van der Waals surface area contributed by atoms with Crippen molar-refractivity contribution >= 4 is 32.3 Å². The molecule has 3 aromatic carbocycles. The van der Waals surface area contributed by atoms with Crippen LogP contribution in [0.4, 0.5) is 4.39 Å². The van der Waals surface area contributed by atoms with E-state index in [-0.39, 0.29) is 10.6 Å². The topological polar surface area (TPSA) is 39.1 Å². The summed E-state index contributed by atoms with van der Waals surface area (Å²) < 4.78 is 41.5.